The van der Waals surface area contributed by atoms with Crippen molar-refractivity contribution in [1.29, 1.82) is 0 Å². The summed E-state index contributed by atoms with van der Waals surface area (Å²) >= 11 is 2.71. The molecule has 15 heavy (non-hydrogen) atoms. The summed E-state index contributed by atoms with van der Waals surface area (Å²) in [6, 6.07) is 0. The molecule has 1 aromatic heterocycles. The number of carbonyl (C=O) groups is 1. The Balaban J connectivity index is 2.53. The summed E-state index contributed by atoms with van der Waals surface area (Å²) in [5, 5.41) is 18.3. The fraction of sp³-hybridized carbons (Fsp3) is 0.625. The van der Waals surface area contributed by atoms with Crippen molar-refractivity contribution in [2.24, 2.45) is 0 Å². The van der Waals surface area contributed by atoms with E-state index in [1.807, 2.05) is 6.92 Å². The summed E-state index contributed by atoms with van der Waals surface area (Å²) in [5.41, 5.74) is -1.49. The molecule has 0 saturated carbocycles. The first-order chi connectivity index (χ1) is 6.95. The van der Waals surface area contributed by atoms with Gasteiger partial charge in [0, 0.05) is 5.75 Å². The Kier molecular flexibility index (Phi) is 4.06. The fourth-order valence-corrected chi connectivity index (χ4v) is 2.63. The SMILES string of the molecule is COC(=O)C(C)(O)CSc1nnc(C)s1. The number of thioether (sulfide) groups is 1. The van der Waals surface area contributed by atoms with Gasteiger partial charge < -0.3 is 9.84 Å². The zero-order valence-corrected chi connectivity index (χ0v) is 10.3. The van der Waals surface area contributed by atoms with E-state index in [1.54, 1.807) is 0 Å². The molecule has 0 aliphatic heterocycles. The Labute approximate surface area is 95.9 Å². The second kappa shape index (κ2) is 4.91. The van der Waals surface area contributed by atoms with E-state index in [4.69, 9.17) is 0 Å². The van der Waals surface area contributed by atoms with Crippen molar-refractivity contribution in [3.05, 3.63) is 5.01 Å². The molecular formula is C8H12N2O3S2. The Bertz CT molecular complexity index is 351. The number of rotatable bonds is 4. The zero-order chi connectivity index (χ0) is 11.5. The highest BCUT2D eigenvalue weighted by Gasteiger charge is 2.31. The smallest absolute Gasteiger partial charge is 0.338 e. The molecule has 1 heterocycles. The summed E-state index contributed by atoms with van der Waals surface area (Å²) in [5.74, 6) is -0.440. The molecule has 1 atom stereocenters. The standard InChI is InChI=1S/C8H12N2O3S2/c1-5-9-10-7(15-5)14-4-8(2,12)6(11)13-3/h12H,4H2,1-3H3. The molecule has 7 heteroatoms. The third-order valence-corrected chi connectivity index (χ3v) is 3.88. The number of methoxy groups -OCH3 is 1. The number of aromatic nitrogens is 2. The topological polar surface area (TPSA) is 72.3 Å². The predicted molar refractivity (Wildman–Crippen MR) is 58.0 cm³/mol. The van der Waals surface area contributed by atoms with Gasteiger partial charge in [-0.25, -0.2) is 4.79 Å². The predicted octanol–water partition coefficient (Wildman–Crippen LogP) is 0.863. The van der Waals surface area contributed by atoms with Crippen LogP contribution in [-0.2, 0) is 9.53 Å². The Morgan fingerprint density at radius 3 is 2.80 bits per heavy atom. The number of hydrogen-bond acceptors (Lipinski definition) is 7. The van der Waals surface area contributed by atoms with Crippen LogP contribution < -0.4 is 0 Å². The van der Waals surface area contributed by atoms with E-state index in [-0.39, 0.29) is 5.75 Å². The van der Waals surface area contributed by atoms with E-state index < -0.39 is 11.6 Å². The minimum Gasteiger partial charge on any atom is -0.467 e. The van der Waals surface area contributed by atoms with Crippen molar-refractivity contribution >= 4 is 29.1 Å². The lowest BCUT2D eigenvalue weighted by atomic mass is 10.1. The van der Waals surface area contributed by atoms with E-state index in [0.717, 1.165) is 9.35 Å². The van der Waals surface area contributed by atoms with Gasteiger partial charge in [-0.05, 0) is 13.8 Å². The third kappa shape index (κ3) is 3.44. The average Bonchev–Trinajstić information content (AvgIpc) is 2.60. The van der Waals surface area contributed by atoms with Crippen LogP contribution in [0.2, 0.25) is 0 Å². The van der Waals surface area contributed by atoms with Gasteiger partial charge >= 0.3 is 5.97 Å². The number of carbonyl (C=O) groups excluding carboxylic acids is 1. The van der Waals surface area contributed by atoms with Gasteiger partial charge in [0.25, 0.3) is 0 Å². The van der Waals surface area contributed by atoms with Crippen molar-refractivity contribution in [1.82, 2.24) is 10.2 Å². The third-order valence-electron chi connectivity index (χ3n) is 1.61. The van der Waals surface area contributed by atoms with E-state index in [1.165, 1.54) is 37.1 Å². The van der Waals surface area contributed by atoms with Crippen LogP contribution in [0.25, 0.3) is 0 Å². The average molecular weight is 248 g/mol. The molecule has 1 unspecified atom stereocenters. The van der Waals surface area contributed by atoms with E-state index in [9.17, 15) is 9.90 Å². The lowest BCUT2D eigenvalue weighted by Gasteiger charge is -2.18. The molecule has 0 amide bonds. The molecule has 0 aliphatic rings. The summed E-state index contributed by atoms with van der Waals surface area (Å²) < 4.78 is 5.21. The Morgan fingerprint density at radius 2 is 2.33 bits per heavy atom. The Morgan fingerprint density at radius 1 is 1.67 bits per heavy atom. The molecule has 0 aromatic carbocycles. The van der Waals surface area contributed by atoms with Crippen LogP contribution in [0.15, 0.2) is 4.34 Å². The molecule has 1 rings (SSSR count). The quantitative estimate of drug-likeness (QED) is 0.629. The first-order valence-corrected chi connectivity index (χ1v) is 5.99. The van der Waals surface area contributed by atoms with Gasteiger partial charge in [0.05, 0.1) is 7.11 Å². The van der Waals surface area contributed by atoms with E-state index in [2.05, 4.69) is 14.9 Å². The molecule has 0 bridgehead atoms. The van der Waals surface area contributed by atoms with Crippen molar-refractivity contribution in [3.8, 4) is 0 Å². The van der Waals surface area contributed by atoms with Gasteiger partial charge in [-0.15, -0.1) is 10.2 Å². The summed E-state index contributed by atoms with van der Waals surface area (Å²) in [6.07, 6.45) is 0. The van der Waals surface area contributed by atoms with Crippen LogP contribution in [0.3, 0.4) is 0 Å². The monoisotopic (exact) mass is 248 g/mol. The van der Waals surface area contributed by atoms with Crippen LogP contribution in [-0.4, -0.2) is 39.7 Å². The first-order valence-electron chi connectivity index (χ1n) is 4.19. The zero-order valence-electron chi connectivity index (χ0n) is 8.68. The highest BCUT2D eigenvalue weighted by atomic mass is 32.2. The van der Waals surface area contributed by atoms with Gasteiger partial charge in [0.1, 0.15) is 5.01 Å². The van der Waals surface area contributed by atoms with Gasteiger partial charge in [-0.1, -0.05) is 23.1 Å². The number of ether oxygens (including phenoxy) is 1. The normalized spacial score (nSPS) is 14.7. The highest BCUT2D eigenvalue weighted by Crippen LogP contribution is 2.25. The maximum absolute atomic E-state index is 11.1. The van der Waals surface area contributed by atoms with Gasteiger partial charge in [0.15, 0.2) is 9.94 Å². The molecule has 84 valence electrons. The highest BCUT2D eigenvalue weighted by molar-refractivity contribution is 8.01. The van der Waals surface area contributed by atoms with Crippen LogP contribution >= 0.6 is 23.1 Å². The van der Waals surface area contributed by atoms with E-state index >= 15 is 0 Å². The van der Waals surface area contributed by atoms with Gasteiger partial charge in [-0.3, -0.25) is 0 Å². The van der Waals surface area contributed by atoms with Gasteiger partial charge in [0.2, 0.25) is 0 Å². The van der Waals surface area contributed by atoms with E-state index in [0.29, 0.717) is 0 Å². The second-order valence-electron chi connectivity index (χ2n) is 3.14. The summed E-state index contributed by atoms with van der Waals surface area (Å²) in [7, 11) is 1.25. The number of aryl methyl sites for hydroxylation is 1. The van der Waals surface area contributed by atoms with Crippen LogP contribution in [0.1, 0.15) is 11.9 Å². The van der Waals surface area contributed by atoms with Crippen LogP contribution in [0.5, 0.6) is 0 Å². The molecule has 0 radical (unpaired) electrons. The molecule has 1 N–H and O–H groups in total. The largest absolute Gasteiger partial charge is 0.467 e. The van der Waals surface area contributed by atoms with Crippen molar-refractivity contribution < 1.29 is 14.6 Å². The Hall–Kier alpha value is -0.660. The lowest BCUT2D eigenvalue weighted by Crippen LogP contribution is -2.38. The van der Waals surface area contributed by atoms with Crippen molar-refractivity contribution in [3.63, 3.8) is 0 Å². The number of aliphatic hydroxyl groups is 1. The molecule has 1 aromatic rings. The van der Waals surface area contributed by atoms with Crippen molar-refractivity contribution in [2.75, 3.05) is 12.9 Å². The van der Waals surface area contributed by atoms with Crippen LogP contribution in [0, 0.1) is 6.92 Å². The summed E-state index contributed by atoms with van der Waals surface area (Å²) in [6.45, 7) is 3.26. The molecule has 0 saturated heterocycles. The lowest BCUT2D eigenvalue weighted by molar-refractivity contribution is -0.158. The minimum absolute atomic E-state index is 0.203. The number of nitrogens with zero attached hydrogens (tertiary/aromatic N) is 2. The van der Waals surface area contributed by atoms with Crippen molar-refractivity contribution in [2.45, 2.75) is 23.8 Å². The second-order valence-corrected chi connectivity index (χ2v) is 5.55. The van der Waals surface area contributed by atoms with Crippen LogP contribution in [0.4, 0.5) is 0 Å². The number of esters is 1. The molecule has 0 fully saturated rings. The molecule has 0 aliphatic carbocycles. The summed E-state index contributed by atoms with van der Waals surface area (Å²) in [4.78, 5) is 11.1. The minimum atomic E-state index is -1.49. The van der Waals surface area contributed by atoms with Gasteiger partial charge in [-0.2, -0.15) is 0 Å². The molecule has 5 nitrogen and oxygen atoms in total. The first kappa shape index (κ1) is 12.4. The maximum Gasteiger partial charge on any atom is 0.338 e. The molecular weight excluding hydrogens is 236 g/mol. The maximum atomic E-state index is 11.1. The fourth-order valence-electron chi connectivity index (χ4n) is 0.818. The number of hydrogen-bond donors (Lipinski definition) is 1. The molecule has 0 spiro atoms.